The molecule has 2 aromatic rings. The minimum absolute atomic E-state index is 0.210. The summed E-state index contributed by atoms with van der Waals surface area (Å²) in [5.74, 6) is 1.08. The highest BCUT2D eigenvalue weighted by molar-refractivity contribution is 8.00. The van der Waals surface area contributed by atoms with Gasteiger partial charge in [-0.25, -0.2) is 9.83 Å². The number of benzene rings is 1. The summed E-state index contributed by atoms with van der Waals surface area (Å²) in [6.07, 6.45) is 6.71. The van der Waals surface area contributed by atoms with Crippen LogP contribution in [0.4, 0.5) is 11.5 Å². The molecule has 8 heteroatoms. The molecule has 36 heavy (non-hydrogen) atoms. The minimum Gasteiger partial charge on any atom is -0.368 e. The fourth-order valence-electron chi connectivity index (χ4n) is 5.54. The molecule has 2 N–H and O–H groups in total. The van der Waals surface area contributed by atoms with Crippen LogP contribution in [0.25, 0.3) is 4.85 Å². The summed E-state index contributed by atoms with van der Waals surface area (Å²) in [5, 5.41) is 10.0. The summed E-state index contributed by atoms with van der Waals surface area (Å²) in [7, 11) is 0. The molecule has 1 unspecified atom stereocenters. The second-order valence-corrected chi connectivity index (χ2v) is 11.2. The van der Waals surface area contributed by atoms with Crippen molar-refractivity contribution in [3.8, 4) is 6.07 Å². The van der Waals surface area contributed by atoms with Crippen LogP contribution in [0.2, 0.25) is 0 Å². The Kier molecular flexibility index (Phi) is 7.46. The molecule has 3 fully saturated rings. The van der Waals surface area contributed by atoms with E-state index in [9.17, 15) is 10.1 Å². The summed E-state index contributed by atoms with van der Waals surface area (Å²) in [6, 6.07) is 11.7. The fraction of sp³-hybridized carbons (Fsp3) is 0.500. The Balaban J connectivity index is 1.46. The lowest BCUT2D eigenvalue weighted by Crippen LogP contribution is -2.38. The SMILES string of the molecule is [C-]#[N+]c1c(N2CCC(CN3CCCC3)CC2)nc(SC(C(N)=O)c2ccccc2)c(C#N)c1C1CC1. The number of nitrogens with two attached hydrogens (primary N) is 1. The highest BCUT2D eigenvalue weighted by Crippen LogP contribution is 2.52. The van der Waals surface area contributed by atoms with Crippen molar-refractivity contribution >= 4 is 29.2 Å². The highest BCUT2D eigenvalue weighted by atomic mass is 32.2. The van der Waals surface area contributed by atoms with E-state index in [0.29, 0.717) is 28.0 Å². The number of nitriles is 1. The molecule has 7 nitrogen and oxygen atoms in total. The number of nitrogens with zero attached hydrogens (tertiary/aromatic N) is 5. The highest BCUT2D eigenvalue weighted by Gasteiger charge is 2.36. The van der Waals surface area contributed by atoms with Crippen LogP contribution in [-0.2, 0) is 4.79 Å². The van der Waals surface area contributed by atoms with E-state index < -0.39 is 11.2 Å². The molecule has 0 radical (unpaired) electrons. The Hall–Kier alpha value is -3.07. The molecule has 2 aliphatic heterocycles. The summed E-state index contributed by atoms with van der Waals surface area (Å²) in [4.78, 5) is 26.1. The first kappa shape index (κ1) is 24.6. The number of hydrogen-bond acceptors (Lipinski definition) is 6. The van der Waals surface area contributed by atoms with Gasteiger partial charge in [0.25, 0.3) is 0 Å². The van der Waals surface area contributed by atoms with Crippen molar-refractivity contribution in [3.05, 3.63) is 58.4 Å². The van der Waals surface area contributed by atoms with Crippen molar-refractivity contribution in [1.82, 2.24) is 9.88 Å². The van der Waals surface area contributed by atoms with Gasteiger partial charge in [0.1, 0.15) is 22.2 Å². The molecule has 0 spiro atoms. The van der Waals surface area contributed by atoms with Gasteiger partial charge in [0, 0.05) is 19.6 Å². The third-order valence-electron chi connectivity index (χ3n) is 7.59. The largest absolute Gasteiger partial charge is 0.368 e. The second-order valence-electron chi connectivity index (χ2n) is 10.1. The van der Waals surface area contributed by atoms with Gasteiger partial charge < -0.3 is 15.5 Å². The monoisotopic (exact) mass is 500 g/mol. The van der Waals surface area contributed by atoms with Gasteiger partial charge in [0.15, 0.2) is 0 Å². The van der Waals surface area contributed by atoms with Crippen molar-refractivity contribution in [2.24, 2.45) is 11.7 Å². The van der Waals surface area contributed by atoms with Crippen LogP contribution in [0.1, 0.15) is 66.4 Å². The number of primary amides is 1. The molecule has 3 aliphatic rings. The van der Waals surface area contributed by atoms with E-state index in [1.165, 1.54) is 37.7 Å². The number of pyridine rings is 1. The van der Waals surface area contributed by atoms with Gasteiger partial charge in [-0.3, -0.25) is 4.79 Å². The molecule has 1 aromatic carbocycles. The lowest BCUT2D eigenvalue weighted by Gasteiger charge is -2.35. The van der Waals surface area contributed by atoms with Crippen molar-refractivity contribution in [2.75, 3.05) is 37.6 Å². The first-order valence-corrected chi connectivity index (χ1v) is 13.8. The first-order valence-electron chi connectivity index (χ1n) is 12.9. The molecule has 186 valence electrons. The zero-order valence-electron chi connectivity index (χ0n) is 20.5. The Morgan fingerprint density at radius 3 is 2.44 bits per heavy atom. The molecule has 1 amide bonds. The van der Waals surface area contributed by atoms with Crippen LogP contribution in [0.15, 0.2) is 35.4 Å². The Morgan fingerprint density at radius 2 is 1.86 bits per heavy atom. The molecule has 1 atom stereocenters. The number of piperidine rings is 1. The predicted molar refractivity (Wildman–Crippen MR) is 142 cm³/mol. The minimum atomic E-state index is -0.657. The van der Waals surface area contributed by atoms with E-state index in [1.54, 1.807) is 0 Å². The zero-order valence-corrected chi connectivity index (χ0v) is 21.3. The van der Waals surface area contributed by atoms with Gasteiger partial charge >= 0.3 is 0 Å². The third-order valence-corrected chi connectivity index (χ3v) is 8.84. The number of amides is 1. The summed E-state index contributed by atoms with van der Waals surface area (Å²) >= 11 is 1.24. The van der Waals surface area contributed by atoms with Crippen molar-refractivity contribution < 1.29 is 4.79 Å². The number of hydrogen-bond donors (Lipinski definition) is 1. The van der Waals surface area contributed by atoms with Crippen molar-refractivity contribution in [3.63, 3.8) is 0 Å². The molecular formula is C28H32N6OS. The maximum absolute atomic E-state index is 12.5. The lowest BCUT2D eigenvalue weighted by molar-refractivity contribution is -0.117. The average molecular weight is 501 g/mol. The Morgan fingerprint density at radius 1 is 1.17 bits per heavy atom. The molecular weight excluding hydrogens is 468 g/mol. The molecule has 2 saturated heterocycles. The number of thioether (sulfide) groups is 1. The van der Waals surface area contributed by atoms with Gasteiger partial charge in [-0.15, -0.1) is 0 Å². The number of anilines is 1. The van der Waals surface area contributed by atoms with Gasteiger partial charge in [0.2, 0.25) is 11.6 Å². The van der Waals surface area contributed by atoms with Crippen molar-refractivity contribution in [2.45, 2.75) is 54.7 Å². The first-order chi connectivity index (χ1) is 17.6. The molecule has 1 aromatic heterocycles. The van der Waals surface area contributed by atoms with Crippen LogP contribution < -0.4 is 10.6 Å². The van der Waals surface area contributed by atoms with E-state index in [2.05, 4.69) is 20.7 Å². The van der Waals surface area contributed by atoms with Crippen LogP contribution in [0.3, 0.4) is 0 Å². The van der Waals surface area contributed by atoms with Crippen LogP contribution in [0, 0.1) is 23.8 Å². The molecule has 1 saturated carbocycles. The molecule has 5 rings (SSSR count). The lowest BCUT2D eigenvalue weighted by atomic mass is 9.95. The number of rotatable bonds is 8. The third kappa shape index (κ3) is 5.21. The van der Waals surface area contributed by atoms with E-state index in [4.69, 9.17) is 17.3 Å². The zero-order chi connectivity index (χ0) is 25.1. The smallest absolute Gasteiger partial charge is 0.235 e. The van der Waals surface area contributed by atoms with Crippen LogP contribution in [0.5, 0.6) is 0 Å². The molecule has 1 aliphatic carbocycles. The summed E-state index contributed by atoms with van der Waals surface area (Å²) in [6.45, 7) is 13.3. The van der Waals surface area contributed by atoms with Gasteiger partial charge in [-0.1, -0.05) is 42.1 Å². The Bertz CT molecular complexity index is 1190. The van der Waals surface area contributed by atoms with E-state index in [0.717, 1.165) is 56.4 Å². The van der Waals surface area contributed by atoms with Crippen LogP contribution >= 0.6 is 11.8 Å². The van der Waals surface area contributed by atoms with Crippen molar-refractivity contribution in [1.29, 1.82) is 5.26 Å². The molecule has 0 bridgehead atoms. The van der Waals surface area contributed by atoms with E-state index in [-0.39, 0.29) is 5.92 Å². The topological polar surface area (TPSA) is 90.6 Å². The predicted octanol–water partition coefficient (Wildman–Crippen LogP) is 5.01. The fourth-order valence-corrected chi connectivity index (χ4v) is 6.59. The maximum Gasteiger partial charge on any atom is 0.235 e. The average Bonchev–Trinajstić information content (AvgIpc) is 3.62. The van der Waals surface area contributed by atoms with E-state index in [1.807, 2.05) is 30.3 Å². The number of aromatic nitrogens is 1. The van der Waals surface area contributed by atoms with E-state index >= 15 is 0 Å². The summed E-state index contributed by atoms with van der Waals surface area (Å²) in [5.41, 5.74) is 8.36. The Labute approximate surface area is 217 Å². The maximum atomic E-state index is 12.5. The van der Waals surface area contributed by atoms with Crippen LogP contribution in [-0.4, -0.2) is 48.5 Å². The standard InChI is InChI=1S/C28H32N6OS/c1-31-24-23(20-9-10-20)22(17-29)28(36-25(26(30)35)21-7-3-2-4-8-21)32-27(24)34-15-11-19(12-16-34)18-33-13-5-6-14-33/h2-4,7-8,19-20,25H,5-6,9-16,18H2,(H2,30,35). The number of carbonyl (C=O) groups is 1. The number of carbonyl (C=O) groups excluding carboxylic acids is 1. The van der Waals surface area contributed by atoms with Gasteiger partial charge in [-0.2, -0.15) is 5.26 Å². The molecule has 3 heterocycles. The summed E-state index contributed by atoms with van der Waals surface area (Å²) < 4.78 is 0. The quantitative estimate of drug-likeness (QED) is 0.405. The van der Waals surface area contributed by atoms with Gasteiger partial charge in [0.05, 0.1) is 12.1 Å². The number of likely N-dealkylation sites (tertiary alicyclic amines) is 1. The second kappa shape index (κ2) is 10.9. The van der Waals surface area contributed by atoms with Gasteiger partial charge in [-0.05, 0) is 74.6 Å². The normalized spacial score (nSPS) is 19.6.